The molecule has 0 atom stereocenters. The van der Waals surface area contributed by atoms with E-state index in [1.54, 1.807) is 24.4 Å². The van der Waals surface area contributed by atoms with Gasteiger partial charge in [0.25, 0.3) is 0 Å². The second kappa shape index (κ2) is 6.36. The normalized spacial score (nSPS) is 13.0. The molecule has 0 radical (unpaired) electrons. The molecule has 1 aliphatic heterocycles. The summed E-state index contributed by atoms with van der Waals surface area (Å²) in [6.45, 7) is 1.26. The Balaban J connectivity index is 1.56. The smallest absolute Gasteiger partial charge is 0.239 e. The minimum absolute atomic E-state index is 0.0115. The monoisotopic (exact) mass is 357 g/mol. The van der Waals surface area contributed by atoms with Gasteiger partial charge in [-0.3, -0.25) is 4.79 Å². The van der Waals surface area contributed by atoms with Crippen LogP contribution in [0.3, 0.4) is 0 Å². The van der Waals surface area contributed by atoms with Crippen molar-refractivity contribution in [2.75, 3.05) is 13.2 Å². The average molecular weight is 357 g/mol. The lowest BCUT2D eigenvalue weighted by molar-refractivity contribution is -0.656. The third-order valence-electron chi connectivity index (χ3n) is 4.79. The van der Waals surface area contributed by atoms with Crippen LogP contribution in [0.2, 0.25) is 0 Å². The molecular formula is C22H17N2O3+. The van der Waals surface area contributed by atoms with E-state index in [9.17, 15) is 4.79 Å². The van der Waals surface area contributed by atoms with Crippen molar-refractivity contribution in [3.63, 3.8) is 0 Å². The van der Waals surface area contributed by atoms with E-state index in [4.69, 9.17) is 9.47 Å². The lowest BCUT2D eigenvalue weighted by atomic mass is 10.1. The minimum Gasteiger partial charge on any atom is -0.486 e. The Kier molecular flexibility index (Phi) is 3.71. The molecule has 3 heterocycles. The van der Waals surface area contributed by atoms with Gasteiger partial charge in [-0.15, -0.1) is 0 Å². The molecule has 5 heteroatoms. The van der Waals surface area contributed by atoms with Gasteiger partial charge in [0.05, 0.1) is 0 Å². The minimum atomic E-state index is 0.0115. The van der Waals surface area contributed by atoms with Crippen molar-refractivity contribution in [3.8, 4) is 11.5 Å². The molecule has 27 heavy (non-hydrogen) atoms. The van der Waals surface area contributed by atoms with E-state index in [0.29, 0.717) is 30.3 Å². The zero-order chi connectivity index (χ0) is 18.2. The maximum absolute atomic E-state index is 12.9. The average Bonchev–Trinajstić information content (AvgIpc) is 2.73. The number of rotatable bonds is 3. The van der Waals surface area contributed by atoms with E-state index in [-0.39, 0.29) is 12.3 Å². The fourth-order valence-corrected chi connectivity index (χ4v) is 3.50. The van der Waals surface area contributed by atoms with E-state index in [1.165, 1.54) is 0 Å². The van der Waals surface area contributed by atoms with Gasteiger partial charge >= 0.3 is 0 Å². The number of pyridine rings is 2. The zero-order valence-corrected chi connectivity index (χ0v) is 14.6. The molecule has 0 amide bonds. The third kappa shape index (κ3) is 2.77. The fourth-order valence-electron chi connectivity index (χ4n) is 3.50. The first kappa shape index (κ1) is 15.8. The van der Waals surface area contributed by atoms with Crippen molar-refractivity contribution in [1.29, 1.82) is 0 Å². The lowest BCUT2D eigenvalue weighted by Crippen LogP contribution is -2.38. The molecule has 5 rings (SSSR count). The Bertz CT molecular complexity index is 1190. The van der Waals surface area contributed by atoms with Gasteiger partial charge in [0.2, 0.25) is 17.8 Å². The second-order valence-corrected chi connectivity index (χ2v) is 6.50. The first-order valence-corrected chi connectivity index (χ1v) is 8.88. The molecule has 2 aromatic heterocycles. The van der Waals surface area contributed by atoms with Crippen LogP contribution in [-0.4, -0.2) is 24.0 Å². The highest BCUT2D eigenvalue weighted by molar-refractivity contribution is 6.01. The Morgan fingerprint density at radius 1 is 0.963 bits per heavy atom. The number of Topliss-reactive ketones (excluding diaryl/α,β-unsaturated/α-hetero) is 1. The molecule has 0 unspecified atom stereocenters. The molecule has 4 aromatic rings. The number of hydrogen-bond donors (Lipinski definition) is 0. The van der Waals surface area contributed by atoms with Gasteiger partial charge in [-0.25, -0.2) is 4.98 Å². The number of benzene rings is 2. The summed E-state index contributed by atoms with van der Waals surface area (Å²) in [5.74, 6) is 1.32. The van der Waals surface area contributed by atoms with Crippen molar-refractivity contribution in [1.82, 2.24) is 4.98 Å². The van der Waals surface area contributed by atoms with E-state index < -0.39 is 0 Å². The predicted octanol–water partition coefficient (Wildman–Crippen LogP) is 3.33. The standard InChI is InChI=1S/C22H17N2O3/c25-18(17-7-8-19-20(13-17)27-12-11-26-19)14-24-10-2-4-16-6-5-15-3-1-9-23-21(15)22(16)24/h1-10,13H,11-12,14H2/q+1. The maximum atomic E-state index is 12.9. The van der Waals surface area contributed by atoms with Gasteiger partial charge in [0.15, 0.2) is 17.7 Å². The Hall–Kier alpha value is -3.47. The summed E-state index contributed by atoms with van der Waals surface area (Å²) in [6.07, 6.45) is 3.70. The van der Waals surface area contributed by atoms with E-state index in [0.717, 1.165) is 21.8 Å². The molecule has 0 bridgehead atoms. The molecule has 0 fully saturated rings. The molecular weight excluding hydrogens is 340 g/mol. The van der Waals surface area contributed by atoms with Crippen LogP contribution in [0.1, 0.15) is 10.4 Å². The summed E-state index contributed by atoms with van der Waals surface area (Å²) >= 11 is 0. The third-order valence-corrected chi connectivity index (χ3v) is 4.79. The zero-order valence-electron chi connectivity index (χ0n) is 14.6. The van der Waals surface area contributed by atoms with E-state index in [2.05, 4.69) is 17.1 Å². The van der Waals surface area contributed by atoms with Gasteiger partial charge in [-0.05, 0) is 36.4 Å². The molecule has 0 N–H and O–H groups in total. The van der Waals surface area contributed by atoms with Gasteiger partial charge in [0, 0.05) is 28.6 Å². The molecule has 132 valence electrons. The lowest BCUT2D eigenvalue weighted by Gasteiger charge is -2.18. The summed E-state index contributed by atoms with van der Waals surface area (Å²) in [6, 6.07) is 17.4. The Morgan fingerprint density at radius 3 is 2.70 bits per heavy atom. The quantitative estimate of drug-likeness (QED) is 0.321. The summed E-state index contributed by atoms with van der Waals surface area (Å²) in [7, 11) is 0. The van der Waals surface area contributed by atoms with Crippen molar-refractivity contribution in [2.24, 2.45) is 0 Å². The molecule has 0 aliphatic carbocycles. The van der Waals surface area contributed by atoms with Crippen molar-refractivity contribution < 1.29 is 18.8 Å². The number of ether oxygens (including phenoxy) is 2. The van der Waals surface area contributed by atoms with Crippen LogP contribution < -0.4 is 14.0 Å². The predicted molar refractivity (Wildman–Crippen MR) is 101 cm³/mol. The van der Waals surface area contributed by atoms with Crippen LogP contribution in [0.5, 0.6) is 11.5 Å². The van der Waals surface area contributed by atoms with Crippen LogP contribution >= 0.6 is 0 Å². The largest absolute Gasteiger partial charge is 0.486 e. The molecule has 2 aromatic carbocycles. The Morgan fingerprint density at radius 2 is 1.78 bits per heavy atom. The fraction of sp³-hybridized carbons (Fsp3) is 0.136. The highest BCUT2D eigenvalue weighted by atomic mass is 16.6. The maximum Gasteiger partial charge on any atom is 0.239 e. The van der Waals surface area contributed by atoms with Crippen molar-refractivity contribution in [2.45, 2.75) is 6.54 Å². The highest BCUT2D eigenvalue weighted by Gasteiger charge is 2.20. The summed E-state index contributed by atoms with van der Waals surface area (Å²) in [5.41, 5.74) is 2.46. The SMILES string of the molecule is O=C(C[n+]1cccc2ccc3cccnc3c21)c1ccc2c(c1)OCCO2. The van der Waals surface area contributed by atoms with Crippen LogP contribution in [0.4, 0.5) is 0 Å². The van der Waals surface area contributed by atoms with E-state index in [1.807, 2.05) is 35.0 Å². The van der Waals surface area contributed by atoms with Gasteiger partial charge in [0.1, 0.15) is 18.7 Å². The molecule has 1 aliphatic rings. The molecule has 0 saturated carbocycles. The van der Waals surface area contributed by atoms with Crippen LogP contribution in [0.25, 0.3) is 21.8 Å². The van der Waals surface area contributed by atoms with Crippen LogP contribution in [-0.2, 0) is 6.54 Å². The van der Waals surface area contributed by atoms with Gasteiger partial charge < -0.3 is 9.47 Å². The van der Waals surface area contributed by atoms with Gasteiger partial charge in [-0.1, -0.05) is 12.1 Å². The molecule has 0 saturated heterocycles. The number of carbonyl (C=O) groups is 1. The number of aromatic nitrogens is 2. The molecule has 0 spiro atoms. The van der Waals surface area contributed by atoms with Crippen molar-refractivity contribution in [3.05, 3.63) is 72.6 Å². The summed E-state index contributed by atoms with van der Waals surface area (Å²) in [4.78, 5) is 17.5. The first-order chi connectivity index (χ1) is 13.3. The number of nitrogens with zero attached hydrogens (tertiary/aromatic N) is 2. The highest BCUT2D eigenvalue weighted by Crippen LogP contribution is 2.31. The molecule has 5 nitrogen and oxygen atoms in total. The number of hydrogen-bond acceptors (Lipinski definition) is 4. The number of fused-ring (bicyclic) bond motifs is 4. The first-order valence-electron chi connectivity index (χ1n) is 8.88. The second-order valence-electron chi connectivity index (χ2n) is 6.50. The van der Waals surface area contributed by atoms with E-state index >= 15 is 0 Å². The Labute approximate surface area is 155 Å². The van der Waals surface area contributed by atoms with Gasteiger partial charge in [-0.2, -0.15) is 4.57 Å². The summed E-state index contributed by atoms with van der Waals surface area (Å²) in [5, 5.41) is 2.11. The van der Waals surface area contributed by atoms with Crippen LogP contribution in [0, 0.1) is 0 Å². The topological polar surface area (TPSA) is 52.3 Å². The van der Waals surface area contributed by atoms with Crippen LogP contribution in [0.15, 0.2) is 67.0 Å². The van der Waals surface area contributed by atoms with Crippen molar-refractivity contribution >= 4 is 27.6 Å². The number of ketones is 1. The number of carbonyl (C=O) groups excluding carboxylic acids is 1. The summed E-state index contributed by atoms with van der Waals surface area (Å²) < 4.78 is 13.1.